The fraction of sp³-hybridized carbons (Fsp3) is 0.455. The highest BCUT2D eigenvalue weighted by Crippen LogP contribution is 2.26. The number of nitrogens with zero attached hydrogens (tertiary/aromatic N) is 3. The van der Waals surface area contributed by atoms with Crippen LogP contribution in [0.5, 0.6) is 0 Å². The standard InChI is InChI=1S/C44H56FN7O8/c1-27(2)37(48-43(57)59-5)41(55)51-23-7-9-35(51)39(53)46-32-17-11-29(12-18-32)25-50(34-21-15-31(45)16-22-34)26-30-13-19-33(20-14-30)47-40(54)36-10-8-24-52(36)42(56)38(28(3)4)49-44(58)60-6/h11-22,27-28,35-38H,7-10,23-26H2,1-6H3,(H,46,53)(H,47,54)(H,48,57)(H,49,58)/t35-,36-,37-,38-/m0/s1. The molecule has 4 N–H and O–H groups in total. The molecule has 2 fully saturated rings. The minimum Gasteiger partial charge on any atom is -0.453 e. The molecule has 3 aromatic carbocycles. The van der Waals surface area contributed by atoms with E-state index in [0.29, 0.717) is 63.2 Å². The van der Waals surface area contributed by atoms with Crippen molar-refractivity contribution in [3.63, 3.8) is 0 Å². The van der Waals surface area contributed by atoms with E-state index in [9.17, 15) is 33.2 Å². The Balaban J connectivity index is 1.22. The maximum absolute atomic E-state index is 14.0. The van der Waals surface area contributed by atoms with Crippen LogP contribution in [0.2, 0.25) is 0 Å². The van der Waals surface area contributed by atoms with Crippen molar-refractivity contribution in [1.82, 2.24) is 20.4 Å². The summed E-state index contributed by atoms with van der Waals surface area (Å²) in [6, 6.07) is 17.9. The van der Waals surface area contributed by atoms with Crippen LogP contribution in [0.1, 0.15) is 64.5 Å². The Morgan fingerprint density at radius 3 is 1.37 bits per heavy atom. The molecule has 6 amide bonds. The highest BCUT2D eigenvalue weighted by Gasteiger charge is 2.40. The fourth-order valence-electron chi connectivity index (χ4n) is 7.53. The smallest absolute Gasteiger partial charge is 0.407 e. The molecule has 16 heteroatoms. The van der Waals surface area contributed by atoms with Crippen molar-refractivity contribution in [3.8, 4) is 0 Å². The van der Waals surface area contributed by atoms with Crippen molar-refractivity contribution in [2.24, 2.45) is 11.8 Å². The second-order valence-corrected chi connectivity index (χ2v) is 15.8. The van der Waals surface area contributed by atoms with Gasteiger partial charge in [0.05, 0.1) is 14.2 Å². The monoisotopic (exact) mass is 829 g/mol. The Hall–Kier alpha value is -6.19. The first-order chi connectivity index (χ1) is 28.7. The first kappa shape index (κ1) is 44.9. The third kappa shape index (κ3) is 11.5. The van der Waals surface area contributed by atoms with Gasteiger partial charge >= 0.3 is 12.2 Å². The van der Waals surface area contributed by atoms with Crippen LogP contribution in [0.25, 0.3) is 0 Å². The van der Waals surface area contributed by atoms with E-state index >= 15 is 0 Å². The molecule has 15 nitrogen and oxygen atoms in total. The van der Waals surface area contributed by atoms with Crippen LogP contribution in [0.4, 0.5) is 31.0 Å². The van der Waals surface area contributed by atoms with Crippen LogP contribution >= 0.6 is 0 Å². The van der Waals surface area contributed by atoms with Gasteiger partial charge in [0.1, 0.15) is 30.0 Å². The van der Waals surface area contributed by atoms with Crippen LogP contribution in [-0.2, 0) is 41.7 Å². The van der Waals surface area contributed by atoms with Crippen molar-refractivity contribution >= 4 is 52.9 Å². The van der Waals surface area contributed by atoms with E-state index in [-0.39, 0.29) is 41.3 Å². The van der Waals surface area contributed by atoms with Gasteiger partial charge < -0.3 is 45.4 Å². The summed E-state index contributed by atoms with van der Waals surface area (Å²) in [4.78, 5) is 82.7. The van der Waals surface area contributed by atoms with Crippen LogP contribution < -0.4 is 26.2 Å². The molecular formula is C44H56FN7O8. The van der Waals surface area contributed by atoms with Gasteiger partial charge in [0.25, 0.3) is 0 Å². The molecule has 3 aromatic rings. The van der Waals surface area contributed by atoms with Crippen LogP contribution in [0, 0.1) is 17.7 Å². The first-order valence-electron chi connectivity index (χ1n) is 20.3. The maximum atomic E-state index is 14.0. The van der Waals surface area contributed by atoms with Gasteiger partial charge in [0.2, 0.25) is 23.6 Å². The van der Waals surface area contributed by atoms with Gasteiger partial charge in [-0.1, -0.05) is 52.0 Å². The minimum absolute atomic E-state index is 0.216. The molecule has 0 aromatic heterocycles. The van der Waals surface area contributed by atoms with Crippen molar-refractivity contribution in [3.05, 3.63) is 89.7 Å². The number of carbonyl (C=O) groups excluding carboxylic acids is 6. The zero-order valence-corrected chi connectivity index (χ0v) is 35.0. The third-order valence-electron chi connectivity index (χ3n) is 10.8. The molecule has 0 saturated carbocycles. The zero-order chi connectivity index (χ0) is 43.5. The van der Waals surface area contributed by atoms with E-state index in [2.05, 4.69) is 26.2 Å². The number of anilines is 3. The molecule has 2 heterocycles. The second kappa shape index (κ2) is 20.7. The lowest BCUT2D eigenvalue weighted by Gasteiger charge is -2.30. The van der Waals surface area contributed by atoms with Crippen molar-refractivity contribution in [1.29, 1.82) is 0 Å². The van der Waals surface area contributed by atoms with Gasteiger partial charge in [0, 0.05) is 43.2 Å². The van der Waals surface area contributed by atoms with E-state index in [1.165, 1.54) is 36.2 Å². The molecular weight excluding hydrogens is 774 g/mol. The number of hydrogen-bond acceptors (Lipinski definition) is 9. The number of carbonyl (C=O) groups is 6. The van der Waals surface area contributed by atoms with Crippen LogP contribution in [0.3, 0.4) is 0 Å². The number of nitrogens with one attached hydrogen (secondary N) is 4. The number of ether oxygens (including phenoxy) is 2. The molecule has 5 rings (SSSR count). The number of benzene rings is 3. The van der Waals surface area contributed by atoms with Crippen LogP contribution in [0.15, 0.2) is 72.8 Å². The Kier molecular flexibility index (Phi) is 15.5. The highest BCUT2D eigenvalue weighted by atomic mass is 19.1. The van der Waals surface area contributed by atoms with Crippen molar-refractivity contribution < 1.29 is 42.6 Å². The molecule has 0 aliphatic carbocycles. The Bertz CT molecular complexity index is 1860. The summed E-state index contributed by atoms with van der Waals surface area (Å²) in [6.45, 7) is 8.95. The van der Waals surface area contributed by atoms with Crippen molar-refractivity contribution in [2.75, 3.05) is 42.8 Å². The lowest BCUT2D eigenvalue weighted by Crippen LogP contribution is -2.54. The molecule has 0 bridgehead atoms. The van der Waals surface area contributed by atoms with Gasteiger partial charge in [-0.05, 0) is 97.2 Å². The maximum Gasteiger partial charge on any atom is 0.407 e. The van der Waals surface area contributed by atoms with Gasteiger partial charge in [-0.25, -0.2) is 14.0 Å². The predicted molar refractivity (Wildman–Crippen MR) is 224 cm³/mol. The fourth-order valence-corrected chi connectivity index (χ4v) is 7.53. The molecule has 0 unspecified atom stereocenters. The van der Waals surface area contributed by atoms with Gasteiger partial charge in [-0.3, -0.25) is 19.2 Å². The van der Waals surface area contributed by atoms with Gasteiger partial charge in [-0.15, -0.1) is 0 Å². The number of rotatable bonds is 15. The number of alkyl carbamates (subject to hydrolysis) is 2. The number of halogens is 1. The Morgan fingerprint density at radius 2 is 1.02 bits per heavy atom. The molecule has 2 aliphatic rings. The predicted octanol–water partition coefficient (Wildman–Crippen LogP) is 5.65. The average molecular weight is 830 g/mol. The topological polar surface area (TPSA) is 179 Å². The van der Waals surface area contributed by atoms with Gasteiger partial charge in [0.15, 0.2) is 0 Å². The number of methoxy groups -OCH3 is 2. The normalized spacial score (nSPS) is 17.1. The summed E-state index contributed by atoms with van der Waals surface area (Å²) in [5.41, 5.74) is 3.75. The Morgan fingerprint density at radius 1 is 0.633 bits per heavy atom. The molecule has 0 radical (unpaired) electrons. The molecule has 2 saturated heterocycles. The molecule has 322 valence electrons. The van der Waals surface area contributed by atoms with E-state index in [4.69, 9.17) is 9.47 Å². The van der Waals surface area contributed by atoms with Crippen molar-refractivity contribution in [2.45, 2.75) is 90.6 Å². The summed E-state index contributed by atoms with van der Waals surface area (Å²) in [7, 11) is 2.46. The summed E-state index contributed by atoms with van der Waals surface area (Å²) in [5.74, 6) is -2.09. The van der Waals surface area contributed by atoms with E-state index in [1.54, 1.807) is 36.4 Å². The van der Waals surface area contributed by atoms with Gasteiger partial charge in [-0.2, -0.15) is 0 Å². The number of hydrogen-bond donors (Lipinski definition) is 4. The van der Waals surface area contributed by atoms with Crippen LogP contribution in [-0.4, -0.2) is 97.1 Å². The molecule has 2 aliphatic heterocycles. The Labute approximate surface area is 350 Å². The minimum atomic E-state index is -0.831. The highest BCUT2D eigenvalue weighted by molar-refractivity contribution is 5.99. The largest absolute Gasteiger partial charge is 0.453 e. The second-order valence-electron chi connectivity index (χ2n) is 15.8. The average Bonchev–Trinajstić information content (AvgIpc) is 3.94. The quantitative estimate of drug-likeness (QED) is 0.151. The number of amides is 6. The summed E-state index contributed by atoms with van der Waals surface area (Å²) >= 11 is 0. The zero-order valence-electron chi connectivity index (χ0n) is 35.0. The SMILES string of the molecule is COC(=O)N[C@H](C(=O)N1CCC[C@H]1C(=O)Nc1ccc(CN(Cc2ccc(NC(=O)[C@@H]3CCCN3C(=O)[C@@H](NC(=O)OC)C(C)C)cc2)c2ccc(F)cc2)cc1)C(C)C. The summed E-state index contributed by atoms with van der Waals surface area (Å²) in [5, 5.41) is 11.1. The van der Waals surface area contributed by atoms with E-state index in [0.717, 1.165) is 16.8 Å². The number of likely N-dealkylation sites (tertiary alicyclic amines) is 2. The molecule has 0 spiro atoms. The first-order valence-corrected chi connectivity index (χ1v) is 20.3. The lowest BCUT2D eigenvalue weighted by molar-refractivity contribution is -0.139. The summed E-state index contributed by atoms with van der Waals surface area (Å²) in [6.07, 6.45) is 0.876. The molecule has 60 heavy (non-hydrogen) atoms. The van der Waals surface area contributed by atoms with E-state index in [1.807, 2.05) is 52.0 Å². The van der Waals surface area contributed by atoms with E-state index < -0.39 is 36.4 Å². The summed E-state index contributed by atoms with van der Waals surface area (Å²) < 4.78 is 23.4. The molecule has 4 atom stereocenters. The lowest BCUT2D eigenvalue weighted by atomic mass is 10.0. The third-order valence-corrected chi connectivity index (χ3v) is 10.8.